The molecule has 0 atom stereocenters. The van der Waals surface area contributed by atoms with E-state index in [1.807, 2.05) is 26.8 Å². The smallest absolute Gasteiger partial charge is 0.262 e. The van der Waals surface area contributed by atoms with Gasteiger partial charge in [0.1, 0.15) is 23.0 Å². The van der Waals surface area contributed by atoms with E-state index < -0.39 is 0 Å². The molecule has 0 saturated carbocycles. The summed E-state index contributed by atoms with van der Waals surface area (Å²) in [4.78, 5) is 25.3. The number of carbonyl (C=O) groups is 2. The molecule has 0 aromatic heterocycles. The molecule has 2 amide bonds. The number of rotatable bonds is 12. The average molecular weight is 479 g/mol. The molecule has 0 aliphatic rings. The van der Waals surface area contributed by atoms with Crippen LogP contribution in [0.3, 0.4) is 0 Å². The molecular weight excluding hydrogens is 448 g/mol. The van der Waals surface area contributed by atoms with Gasteiger partial charge in [-0.3, -0.25) is 9.59 Å². The second kappa shape index (κ2) is 12.9. The predicted octanol–water partition coefficient (Wildman–Crippen LogP) is 5.15. The highest BCUT2D eigenvalue weighted by Gasteiger charge is 2.17. The average Bonchev–Trinajstić information content (AvgIpc) is 2.87. The van der Waals surface area contributed by atoms with Gasteiger partial charge in [-0.1, -0.05) is 18.2 Å². The van der Waals surface area contributed by atoms with Crippen LogP contribution >= 0.6 is 0 Å². The summed E-state index contributed by atoms with van der Waals surface area (Å²) in [6.45, 7) is 6.69. The Morgan fingerprint density at radius 2 is 1.17 bits per heavy atom. The summed E-state index contributed by atoms with van der Waals surface area (Å²) in [5.74, 6) is 1.42. The minimum atomic E-state index is -0.372. The van der Waals surface area contributed by atoms with Crippen LogP contribution in [0.5, 0.6) is 23.0 Å². The van der Waals surface area contributed by atoms with E-state index in [0.29, 0.717) is 54.0 Å². The summed E-state index contributed by atoms with van der Waals surface area (Å²) in [5, 5.41) is 5.66. The Bertz CT molecular complexity index is 1120. The maximum atomic E-state index is 12.7. The Labute approximate surface area is 205 Å². The Hall–Kier alpha value is -4.20. The van der Waals surface area contributed by atoms with Gasteiger partial charge >= 0.3 is 0 Å². The lowest BCUT2D eigenvalue weighted by Gasteiger charge is -2.18. The van der Waals surface area contributed by atoms with Crippen LogP contribution in [0.4, 0.5) is 11.4 Å². The van der Waals surface area contributed by atoms with Crippen molar-refractivity contribution in [2.24, 2.45) is 0 Å². The molecule has 0 bridgehead atoms. The van der Waals surface area contributed by atoms with Gasteiger partial charge in [0, 0.05) is 17.7 Å². The molecule has 0 heterocycles. The number of anilines is 2. The van der Waals surface area contributed by atoms with Gasteiger partial charge in [0.15, 0.2) is 6.61 Å². The molecule has 0 spiro atoms. The van der Waals surface area contributed by atoms with Crippen LogP contribution in [-0.2, 0) is 4.79 Å². The van der Waals surface area contributed by atoms with Crippen molar-refractivity contribution >= 4 is 23.2 Å². The Morgan fingerprint density at radius 3 is 1.71 bits per heavy atom. The van der Waals surface area contributed by atoms with Gasteiger partial charge in [-0.2, -0.15) is 0 Å². The maximum Gasteiger partial charge on any atom is 0.262 e. The van der Waals surface area contributed by atoms with E-state index in [2.05, 4.69) is 10.6 Å². The van der Waals surface area contributed by atoms with Gasteiger partial charge in [-0.25, -0.2) is 0 Å². The summed E-state index contributed by atoms with van der Waals surface area (Å²) in [6.07, 6.45) is 0. The Morgan fingerprint density at radius 1 is 0.657 bits per heavy atom. The Balaban J connectivity index is 1.74. The van der Waals surface area contributed by atoms with Crippen LogP contribution in [-0.4, -0.2) is 38.2 Å². The highest BCUT2D eigenvalue weighted by molar-refractivity contribution is 6.05. The fourth-order valence-electron chi connectivity index (χ4n) is 3.22. The Kier molecular flexibility index (Phi) is 9.36. The first-order chi connectivity index (χ1) is 17.0. The van der Waals surface area contributed by atoms with Crippen molar-refractivity contribution in [2.75, 3.05) is 37.1 Å². The van der Waals surface area contributed by atoms with E-state index >= 15 is 0 Å². The molecule has 0 fully saturated rings. The lowest BCUT2D eigenvalue weighted by molar-refractivity contribution is -0.118. The first-order valence-corrected chi connectivity index (χ1v) is 11.5. The molecule has 3 aromatic carbocycles. The van der Waals surface area contributed by atoms with Gasteiger partial charge in [0.25, 0.3) is 11.8 Å². The molecule has 8 heteroatoms. The SMILES string of the molecule is CCOc1ccc(OCC(=O)Nc2cc(OCC)c(NC(=O)c3ccccc3)cc2OCC)cc1. The molecule has 0 aliphatic carbocycles. The first kappa shape index (κ1) is 25.4. The lowest BCUT2D eigenvalue weighted by Crippen LogP contribution is -2.21. The second-order valence-electron chi connectivity index (χ2n) is 7.27. The van der Waals surface area contributed by atoms with E-state index in [4.69, 9.17) is 18.9 Å². The lowest BCUT2D eigenvalue weighted by atomic mass is 10.2. The molecule has 0 saturated heterocycles. The van der Waals surface area contributed by atoms with Crippen molar-refractivity contribution in [2.45, 2.75) is 20.8 Å². The zero-order chi connectivity index (χ0) is 25.0. The van der Waals surface area contributed by atoms with Crippen LogP contribution in [0.2, 0.25) is 0 Å². The van der Waals surface area contributed by atoms with Crippen LogP contribution < -0.4 is 29.6 Å². The predicted molar refractivity (Wildman–Crippen MR) is 135 cm³/mol. The standard InChI is InChI=1S/C27H30N2O6/c1-4-32-20-12-14-21(15-13-20)35-18-26(30)28-22-16-25(34-6-3)23(17-24(22)33-5-2)29-27(31)19-10-8-7-9-11-19/h7-17H,4-6,18H2,1-3H3,(H,28,30)(H,29,31). The zero-order valence-corrected chi connectivity index (χ0v) is 20.1. The molecule has 3 rings (SSSR count). The monoisotopic (exact) mass is 478 g/mol. The van der Waals surface area contributed by atoms with E-state index in [0.717, 1.165) is 5.75 Å². The molecule has 3 aromatic rings. The van der Waals surface area contributed by atoms with E-state index in [1.165, 1.54) is 0 Å². The molecule has 0 radical (unpaired) electrons. The highest BCUT2D eigenvalue weighted by atomic mass is 16.5. The van der Waals surface area contributed by atoms with Gasteiger partial charge in [-0.05, 0) is 57.2 Å². The van der Waals surface area contributed by atoms with Crippen molar-refractivity contribution in [3.63, 3.8) is 0 Å². The number of ether oxygens (including phenoxy) is 4. The second-order valence-corrected chi connectivity index (χ2v) is 7.27. The molecule has 2 N–H and O–H groups in total. The van der Waals surface area contributed by atoms with Crippen LogP contribution in [0, 0.1) is 0 Å². The zero-order valence-electron chi connectivity index (χ0n) is 20.1. The maximum absolute atomic E-state index is 12.7. The normalized spacial score (nSPS) is 10.3. The van der Waals surface area contributed by atoms with Gasteiger partial charge < -0.3 is 29.6 Å². The largest absolute Gasteiger partial charge is 0.494 e. The summed E-state index contributed by atoms with van der Waals surface area (Å²) >= 11 is 0. The first-order valence-electron chi connectivity index (χ1n) is 11.5. The topological polar surface area (TPSA) is 95.1 Å². The molecule has 0 unspecified atom stereocenters. The number of carbonyl (C=O) groups excluding carboxylic acids is 2. The summed E-state index contributed by atoms with van der Waals surface area (Å²) < 4.78 is 22.4. The van der Waals surface area contributed by atoms with E-state index in [1.54, 1.807) is 60.7 Å². The number of hydrogen-bond acceptors (Lipinski definition) is 6. The summed E-state index contributed by atoms with van der Waals surface area (Å²) in [7, 11) is 0. The van der Waals surface area contributed by atoms with Crippen LogP contribution in [0.1, 0.15) is 31.1 Å². The molecular formula is C27H30N2O6. The van der Waals surface area contributed by atoms with Crippen LogP contribution in [0.25, 0.3) is 0 Å². The fourth-order valence-corrected chi connectivity index (χ4v) is 3.22. The van der Waals surface area contributed by atoms with Crippen molar-refractivity contribution in [1.82, 2.24) is 0 Å². The van der Waals surface area contributed by atoms with Crippen molar-refractivity contribution in [1.29, 1.82) is 0 Å². The third kappa shape index (κ3) is 7.40. The third-order valence-corrected chi connectivity index (χ3v) is 4.74. The summed E-state index contributed by atoms with van der Waals surface area (Å²) in [5.41, 5.74) is 1.36. The van der Waals surface area contributed by atoms with E-state index in [9.17, 15) is 9.59 Å². The van der Waals surface area contributed by atoms with Gasteiger partial charge in [-0.15, -0.1) is 0 Å². The van der Waals surface area contributed by atoms with Crippen molar-refractivity contribution in [3.05, 3.63) is 72.3 Å². The highest BCUT2D eigenvalue weighted by Crippen LogP contribution is 2.37. The molecule has 184 valence electrons. The summed E-state index contributed by atoms with van der Waals surface area (Å²) in [6, 6.07) is 19.2. The quantitative estimate of drug-likeness (QED) is 0.374. The fraction of sp³-hybridized carbons (Fsp3) is 0.259. The van der Waals surface area contributed by atoms with E-state index in [-0.39, 0.29) is 18.4 Å². The number of amides is 2. The minimum absolute atomic E-state index is 0.198. The minimum Gasteiger partial charge on any atom is -0.494 e. The van der Waals surface area contributed by atoms with Gasteiger partial charge in [0.05, 0.1) is 31.2 Å². The third-order valence-electron chi connectivity index (χ3n) is 4.74. The number of hydrogen-bond donors (Lipinski definition) is 2. The van der Waals surface area contributed by atoms with Crippen molar-refractivity contribution in [3.8, 4) is 23.0 Å². The van der Waals surface area contributed by atoms with Crippen molar-refractivity contribution < 1.29 is 28.5 Å². The number of benzene rings is 3. The molecule has 0 aliphatic heterocycles. The molecule has 35 heavy (non-hydrogen) atoms. The molecule has 8 nitrogen and oxygen atoms in total. The van der Waals surface area contributed by atoms with Gasteiger partial charge in [0.2, 0.25) is 0 Å². The van der Waals surface area contributed by atoms with Crippen LogP contribution in [0.15, 0.2) is 66.7 Å². The number of nitrogens with one attached hydrogen (secondary N) is 2.